The van der Waals surface area contributed by atoms with Crippen molar-refractivity contribution in [2.24, 2.45) is 0 Å². The summed E-state index contributed by atoms with van der Waals surface area (Å²) in [5.41, 5.74) is 1.92. The van der Waals surface area contributed by atoms with Gasteiger partial charge in [0.25, 0.3) is 5.91 Å². The van der Waals surface area contributed by atoms with E-state index in [1.54, 1.807) is 35.4 Å². The lowest BCUT2D eigenvalue weighted by molar-refractivity contribution is -0.122. The standard InChI is InChI=1S/C25H26FN5O2/c26-21-9-2-1-6-17(21)12-20-14-22-23(10-3-4-11-24(32)29-22)31(20)25(33)18-7-5-8-19(13-18)30-15-27-28-16-30/h1-2,5-9,13,15-16,20,22-23H,3-4,10-12,14H2,(H,29,32)/t20-,22+,23-/m1/s1. The first-order chi connectivity index (χ1) is 16.1. The number of carbonyl (C=O) groups excluding carboxylic acids is 2. The molecule has 3 aromatic rings. The maximum Gasteiger partial charge on any atom is 0.254 e. The van der Waals surface area contributed by atoms with Gasteiger partial charge in [0.05, 0.1) is 12.1 Å². The normalized spacial score (nSPS) is 22.9. The smallest absolute Gasteiger partial charge is 0.254 e. The minimum absolute atomic E-state index is 0.0262. The molecule has 170 valence electrons. The van der Waals surface area contributed by atoms with Gasteiger partial charge in [-0.2, -0.15) is 0 Å². The first kappa shape index (κ1) is 21.3. The molecule has 2 fully saturated rings. The molecule has 2 amide bonds. The number of benzene rings is 2. The highest BCUT2D eigenvalue weighted by molar-refractivity contribution is 5.95. The van der Waals surface area contributed by atoms with Gasteiger partial charge in [-0.05, 0) is 55.5 Å². The first-order valence-corrected chi connectivity index (χ1v) is 11.4. The molecule has 8 heteroatoms. The van der Waals surface area contributed by atoms with E-state index < -0.39 is 0 Å². The van der Waals surface area contributed by atoms with Crippen LogP contribution in [0.4, 0.5) is 4.39 Å². The molecule has 0 bridgehead atoms. The summed E-state index contributed by atoms with van der Waals surface area (Å²) in [6, 6.07) is 13.6. The van der Waals surface area contributed by atoms with E-state index in [1.165, 1.54) is 6.07 Å². The van der Waals surface area contributed by atoms with Crippen molar-refractivity contribution in [1.29, 1.82) is 0 Å². The molecule has 5 rings (SSSR count). The average Bonchev–Trinajstić information content (AvgIpc) is 3.45. The Kier molecular flexibility index (Phi) is 5.90. The zero-order valence-corrected chi connectivity index (χ0v) is 18.2. The Bertz CT molecular complexity index is 1150. The number of halogens is 1. The molecule has 0 aliphatic carbocycles. The molecule has 0 spiro atoms. The molecule has 33 heavy (non-hydrogen) atoms. The Balaban J connectivity index is 1.49. The van der Waals surface area contributed by atoms with Gasteiger partial charge in [0, 0.05) is 23.7 Å². The second-order valence-electron chi connectivity index (χ2n) is 8.80. The maximum absolute atomic E-state index is 14.5. The maximum atomic E-state index is 14.5. The molecule has 2 aliphatic heterocycles. The van der Waals surface area contributed by atoms with Crippen LogP contribution in [0.1, 0.15) is 48.0 Å². The van der Waals surface area contributed by atoms with Crippen molar-refractivity contribution >= 4 is 11.8 Å². The predicted molar refractivity (Wildman–Crippen MR) is 120 cm³/mol. The lowest BCUT2D eigenvalue weighted by Crippen LogP contribution is -2.49. The molecule has 1 N–H and O–H groups in total. The van der Waals surface area contributed by atoms with Crippen LogP contribution in [0.2, 0.25) is 0 Å². The van der Waals surface area contributed by atoms with E-state index in [1.807, 2.05) is 29.2 Å². The summed E-state index contributed by atoms with van der Waals surface area (Å²) in [6.45, 7) is 0. The van der Waals surface area contributed by atoms with Crippen molar-refractivity contribution in [3.8, 4) is 5.69 Å². The highest BCUT2D eigenvalue weighted by Gasteiger charge is 2.44. The van der Waals surface area contributed by atoms with E-state index >= 15 is 0 Å². The van der Waals surface area contributed by atoms with Gasteiger partial charge in [-0.3, -0.25) is 14.2 Å². The number of nitrogens with one attached hydrogen (secondary N) is 1. The third-order valence-electron chi connectivity index (χ3n) is 6.70. The Morgan fingerprint density at radius 2 is 1.91 bits per heavy atom. The van der Waals surface area contributed by atoms with Crippen molar-refractivity contribution in [3.63, 3.8) is 0 Å². The molecule has 2 aliphatic rings. The summed E-state index contributed by atoms with van der Waals surface area (Å²) in [5, 5.41) is 10.8. The van der Waals surface area contributed by atoms with Crippen molar-refractivity contribution in [2.75, 3.05) is 0 Å². The number of hydrogen-bond acceptors (Lipinski definition) is 4. The Labute approximate surface area is 191 Å². The van der Waals surface area contributed by atoms with Crippen LogP contribution in [0, 0.1) is 5.82 Å². The van der Waals surface area contributed by atoms with Gasteiger partial charge in [-0.15, -0.1) is 10.2 Å². The van der Waals surface area contributed by atoms with Crippen LogP contribution in [-0.2, 0) is 11.2 Å². The summed E-state index contributed by atoms with van der Waals surface area (Å²) < 4.78 is 16.2. The Hall–Kier alpha value is -3.55. The largest absolute Gasteiger partial charge is 0.351 e. The van der Waals surface area contributed by atoms with Gasteiger partial charge < -0.3 is 10.2 Å². The molecule has 3 heterocycles. The van der Waals surface area contributed by atoms with E-state index in [0.29, 0.717) is 30.4 Å². The predicted octanol–water partition coefficient (Wildman–Crippen LogP) is 3.29. The van der Waals surface area contributed by atoms with Gasteiger partial charge in [-0.25, -0.2) is 4.39 Å². The van der Waals surface area contributed by atoms with Crippen LogP contribution in [-0.4, -0.2) is 49.6 Å². The van der Waals surface area contributed by atoms with E-state index in [4.69, 9.17) is 0 Å². The average molecular weight is 448 g/mol. The molecule has 0 unspecified atom stereocenters. The zero-order valence-electron chi connectivity index (χ0n) is 18.2. The topological polar surface area (TPSA) is 80.1 Å². The lowest BCUT2D eigenvalue weighted by Gasteiger charge is -2.33. The van der Waals surface area contributed by atoms with Crippen LogP contribution >= 0.6 is 0 Å². The van der Waals surface area contributed by atoms with Gasteiger partial charge in [0.1, 0.15) is 18.5 Å². The van der Waals surface area contributed by atoms with Gasteiger partial charge >= 0.3 is 0 Å². The van der Waals surface area contributed by atoms with Gasteiger partial charge in [-0.1, -0.05) is 30.7 Å². The lowest BCUT2D eigenvalue weighted by atomic mass is 9.97. The number of fused-ring (bicyclic) bond motifs is 1. The Morgan fingerprint density at radius 3 is 2.73 bits per heavy atom. The zero-order chi connectivity index (χ0) is 22.8. The fourth-order valence-corrected chi connectivity index (χ4v) is 5.14. The minimum atomic E-state index is -0.271. The van der Waals surface area contributed by atoms with Crippen LogP contribution in [0.3, 0.4) is 0 Å². The van der Waals surface area contributed by atoms with Crippen molar-refractivity contribution in [3.05, 3.63) is 78.1 Å². The van der Waals surface area contributed by atoms with Crippen LogP contribution in [0.5, 0.6) is 0 Å². The molecule has 0 radical (unpaired) electrons. The molecular weight excluding hydrogens is 421 g/mol. The molecule has 3 atom stereocenters. The first-order valence-electron chi connectivity index (χ1n) is 11.4. The van der Waals surface area contributed by atoms with E-state index in [9.17, 15) is 14.0 Å². The number of hydrogen-bond donors (Lipinski definition) is 1. The summed E-state index contributed by atoms with van der Waals surface area (Å²) in [5.74, 6) is -0.348. The Morgan fingerprint density at radius 1 is 1.09 bits per heavy atom. The number of nitrogens with zero attached hydrogens (tertiary/aromatic N) is 4. The van der Waals surface area contributed by atoms with E-state index in [-0.39, 0.29) is 35.8 Å². The number of aromatic nitrogens is 3. The molecular formula is C25H26FN5O2. The van der Waals surface area contributed by atoms with Crippen LogP contribution in [0.25, 0.3) is 5.69 Å². The van der Waals surface area contributed by atoms with E-state index in [2.05, 4.69) is 15.5 Å². The number of rotatable bonds is 4. The monoisotopic (exact) mass is 447 g/mol. The van der Waals surface area contributed by atoms with Crippen molar-refractivity contribution in [2.45, 2.75) is 56.7 Å². The summed E-state index contributed by atoms with van der Waals surface area (Å²) >= 11 is 0. The second kappa shape index (κ2) is 9.13. The third kappa shape index (κ3) is 4.37. The number of carbonyl (C=O) groups is 2. The summed E-state index contributed by atoms with van der Waals surface area (Å²) in [4.78, 5) is 28.1. The fourth-order valence-electron chi connectivity index (χ4n) is 5.14. The quantitative estimate of drug-likeness (QED) is 0.666. The molecule has 1 aromatic heterocycles. The van der Waals surface area contributed by atoms with Crippen molar-refractivity contribution in [1.82, 2.24) is 25.0 Å². The highest BCUT2D eigenvalue weighted by atomic mass is 19.1. The summed E-state index contributed by atoms with van der Waals surface area (Å²) in [6.07, 6.45) is 7.20. The second-order valence-corrected chi connectivity index (χ2v) is 8.80. The van der Waals surface area contributed by atoms with Crippen LogP contribution < -0.4 is 5.32 Å². The minimum Gasteiger partial charge on any atom is -0.351 e. The fraction of sp³-hybridized carbons (Fsp3) is 0.360. The van der Waals surface area contributed by atoms with E-state index in [0.717, 1.165) is 24.9 Å². The number of likely N-dealkylation sites (tertiary alicyclic amines) is 1. The van der Waals surface area contributed by atoms with Crippen LogP contribution in [0.15, 0.2) is 61.2 Å². The number of amides is 2. The summed E-state index contributed by atoms with van der Waals surface area (Å²) in [7, 11) is 0. The molecule has 2 aromatic carbocycles. The molecule has 2 saturated heterocycles. The highest BCUT2D eigenvalue weighted by Crippen LogP contribution is 2.34. The SMILES string of the molecule is O=C1CCCC[C@@H]2[C@H](C[C@@H](Cc3ccccc3F)N2C(=O)c2cccc(-n3cnnc3)c2)N1. The van der Waals surface area contributed by atoms with Gasteiger partial charge in [0.2, 0.25) is 5.91 Å². The third-order valence-corrected chi connectivity index (χ3v) is 6.70. The molecule has 7 nitrogen and oxygen atoms in total. The van der Waals surface area contributed by atoms with Crippen molar-refractivity contribution < 1.29 is 14.0 Å². The van der Waals surface area contributed by atoms with Gasteiger partial charge in [0.15, 0.2) is 0 Å². The molecule has 0 saturated carbocycles.